The van der Waals surface area contributed by atoms with E-state index in [2.05, 4.69) is 105 Å². The third kappa shape index (κ3) is 13.6. The van der Waals surface area contributed by atoms with Crippen LogP contribution in [0.4, 0.5) is 0 Å². The molecule has 3 N–H and O–H groups in total. The van der Waals surface area contributed by atoms with Crippen molar-refractivity contribution in [1.29, 1.82) is 0 Å². The Kier molecular flexibility index (Phi) is 17.4. The number of hydrogen-bond acceptors (Lipinski definition) is 9. The first-order valence-electron chi connectivity index (χ1n) is 22.4. The maximum Gasteiger partial charge on any atom is 0.331 e. The number of nitrogens with zero attached hydrogens (tertiary/aromatic N) is 3. The number of aliphatic hydroxyl groups is 3. The molecule has 0 aromatic heterocycles. The second-order valence-electron chi connectivity index (χ2n) is 21.6. The predicted octanol–water partition coefficient (Wildman–Crippen LogP) is 10.7. The lowest BCUT2D eigenvalue weighted by Crippen LogP contribution is -2.71. The average molecular weight is 768 g/mol. The summed E-state index contributed by atoms with van der Waals surface area (Å²) in [6, 6.07) is 0. The smallest absolute Gasteiger partial charge is 0.331 e. The van der Waals surface area contributed by atoms with Gasteiger partial charge in [-0.05, 0) is 128 Å². The molecule has 3 aliphatic heterocycles. The van der Waals surface area contributed by atoms with Gasteiger partial charge < -0.3 is 15.3 Å². The second-order valence-corrected chi connectivity index (χ2v) is 21.6. The van der Waals surface area contributed by atoms with Crippen LogP contribution in [0.15, 0.2) is 0 Å². The Morgan fingerprint density at radius 3 is 0.815 bits per heavy atom. The van der Waals surface area contributed by atoms with Crippen molar-refractivity contribution in [3.63, 3.8) is 0 Å². The monoisotopic (exact) mass is 768 g/mol. The van der Waals surface area contributed by atoms with E-state index in [0.717, 1.165) is 19.3 Å². The van der Waals surface area contributed by atoms with Crippen molar-refractivity contribution in [3.05, 3.63) is 0 Å². The molecule has 0 amide bonds. The molecule has 0 bridgehead atoms. The Labute approximate surface area is 333 Å². The van der Waals surface area contributed by atoms with Gasteiger partial charge in [-0.15, -0.1) is 0 Å². The molecule has 3 fully saturated rings. The lowest BCUT2D eigenvalue weighted by atomic mass is 9.80. The van der Waals surface area contributed by atoms with E-state index in [1.165, 1.54) is 77.0 Å². The van der Waals surface area contributed by atoms with Gasteiger partial charge in [0.2, 0.25) is 0 Å². The van der Waals surface area contributed by atoms with Crippen LogP contribution in [-0.4, -0.2) is 88.0 Å². The van der Waals surface area contributed by atoms with Crippen LogP contribution in [-0.2, 0) is 14.5 Å². The van der Waals surface area contributed by atoms with Gasteiger partial charge in [0.25, 0.3) is 0 Å². The topological polar surface area (TPSA) is 98.1 Å². The highest BCUT2D eigenvalue weighted by Crippen LogP contribution is 2.48. The zero-order chi connectivity index (χ0) is 40.6. The summed E-state index contributed by atoms with van der Waals surface area (Å²) in [5.41, 5.74) is -3.08. The Balaban J connectivity index is 1.86. The zero-order valence-electron chi connectivity index (χ0n) is 37.7. The van der Waals surface area contributed by atoms with Gasteiger partial charge in [0.15, 0.2) is 0 Å². The Hall–Kier alpha value is -0.360. The Morgan fingerprint density at radius 2 is 0.593 bits per heavy atom. The van der Waals surface area contributed by atoms with Crippen LogP contribution in [0, 0.1) is 0 Å². The van der Waals surface area contributed by atoms with Gasteiger partial charge in [-0.2, -0.15) is 15.2 Å². The van der Waals surface area contributed by atoms with Crippen LogP contribution in [0.5, 0.6) is 0 Å². The lowest BCUT2D eigenvalue weighted by molar-refractivity contribution is -0.584. The molecule has 54 heavy (non-hydrogen) atoms. The van der Waals surface area contributed by atoms with Crippen molar-refractivity contribution >= 4 is 0 Å². The molecular weight excluding hydrogens is 679 g/mol. The number of piperidine rings is 3. The standard InChI is InChI=1S/C45H89N3O6/c1-14-15-16-17-18-19-20-21-22-23-24-25-26-27-28-29-45(52-46-39(2,3)30-36(49)31-40(46,4)5,53-47-41(6,7)32-37(50)33-42(47,8)9)54-48-43(10,11)34-38(51)35-44(48,12)13/h36-38,49-51H,14-35H2,1-13H3. The number of hydroxylamine groups is 6. The maximum absolute atomic E-state index is 11.0. The Bertz CT molecular complexity index is 946. The summed E-state index contributed by atoms with van der Waals surface area (Å²) in [5.74, 6) is -1.55. The van der Waals surface area contributed by atoms with Gasteiger partial charge in [-0.1, -0.05) is 96.8 Å². The van der Waals surface area contributed by atoms with E-state index in [0.29, 0.717) is 44.9 Å². The van der Waals surface area contributed by atoms with Crippen LogP contribution in [0.3, 0.4) is 0 Å². The summed E-state index contributed by atoms with van der Waals surface area (Å²) in [5, 5.41) is 39.1. The van der Waals surface area contributed by atoms with Crippen LogP contribution in [0.1, 0.15) is 231 Å². The highest BCUT2D eigenvalue weighted by Gasteiger charge is 2.58. The van der Waals surface area contributed by atoms with Gasteiger partial charge in [-0.25, -0.2) is 14.5 Å². The molecule has 0 saturated carbocycles. The normalized spacial score (nSPS) is 25.3. The second kappa shape index (κ2) is 19.6. The molecule has 0 spiro atoms. The third-order valence-electron chi connectivity index (χ3n) is 12.5. The highest BCUT2D eigenvalue weighted by atomic mass is 17.0. The first kappa shape index (κ1) is 48.0. The van der Waals surface area contributed by atoms with E-state index in [1.54, 1.807) is 0 Å². The number of aliphatic hydroxyl groups excluding tert-OH is 3. The summed E-state index contributed by atoms with van der Waals surface area (Å²) >= 11 is 0. The molecule has 3 heterocycles. The first-order chi connectivity index (χ1) is 24.9. The van der Waals surface area contributed by atoms with Crippen molar-refractivity contribution in [2.24, 2.45) is 0 Å². The van der Waals surface area contributed by atoms with E-state index < -0.39 is 57.5 Å². The van der Waals surface area contributed by atoms with Crippen molar-refractivity contribution < 1.29 is 29.8 Å². The van der Waals surface area contributed by atoms with Crippen molar-refractivity contribution in [2.75, 3.05) is 0 Å². The summed E-state index contributed by atoms with van der Waals surface area (Å²) in [4.78, 5) is 22.1. The quantitative estimate of drug-likeness (QED) is 0.0734. The Morgan fingerprint density at radius 1 is 0.389 bits per heavy atom. The molecule has 0 atom stereocenters. The third-order valence-corrected chi connectivity index (χ3v) is 12.5. The molecule has 0 radical (unpaired) electrons. The number of unbranched alkanes of at least 4 members (excludes halogenated alkanes) is 14. The molecule has 3 rings (SSSR count). The predicted molar refractivity (Wildman–Crippen MR) is 221 cm³/mol. The fourth-order valence-electron chi connectivity index (χ4n) is 10.7. The molecule has 3 aliphatic rings. The van der Waals surface area contributed by atoms with Gasteiger partial charge in [0.05, 0.1) is 18.3 Å². The van der Waals surface area contributed by atoms with Crippen LogP contribution >= 0.6 is 0 Å². The number of rotatable bonds is 22. The van der Waals surface area contributed by atoms with E-state index in [9.17, 15) is 15.3 Å². The van der Waals surface area contributed by atoms with Crippen LogP contribution < -0.4 is 0 Å². The minimum Gasteiger partial charge on any atom is -0.393 e. The summed E-state index contributed by atoms with van der Waals surface area (Å²) in [6.07, 6.45) is 21.8. The van der Waals surface area contributed by atoms with Crippen molar-refractivity contribution in [3.8, 4) is 0 Å². The molecule has 9 heteroatoms. The highest BCUT2D eigenvalue weighted by molar-refractivity contribution is 5.00. The first-order valence-corrected chi connectivity index (χ1v) is 22.4. The molecule has 0 unspecified atom stereocenters. The zero-order valence-corrected chi connectivity index (χ0v) is 37.7. The van der Waals surface area contributed by atoms with Crippen molar-refractivity contribution in [1.82, 2.24) is 15.2 Å². The lowest BCUT2D eigenvalue weighted by Gasteiger charge is -2.60. The molecule has 9 nitrogen and oxygen atoms in total. The fraction of sp³-hybridized carbons (Fsp3) is 1.00. The molecule has 3 saturated heterocycles. The molecule has 0 aromatic rings. The minimum absolute atomic E-state index is 0.440. The van der Waals surface area contributed by atoms with E-state index in [-0.39, 0.29) is 0 Å². The molecule has 0 aliphatic carbocycles. The average Bonchev–Trinajstić information content (AvgIpc) is 2.99. The van der Waals surface area contributed by atoms with E-state index in [4.69, 9.17) is 14.5 Å². The summed E-state index contributed by atoms with van der Waals surface area (Å²) in [6.45, 7) is 27.9. The van der Waals surface area contributed by atoms with Crippen LogP contribution in [0.2, 0.25) is 0 Å². The molecular formula is C45H89N3O6. The number of hydrogen-bond donors (Lipinski definition) is 3. The molecule has 320 valence electrons. The van der Waals surface area contributed by atoms with Gasteiger partial charge in [-0.3, -0.25) is 0 Å². The van der Waals surface area contributed by atoms with Gasteiger partial charge in [0.1, 0.15) is 0 Å². The fourth-order valence-corrected chi connectivity index (χ4v) is 10.7. The van der Waals surface area contributed by atoms with E-state index in [1.807, 2.05) is 0 Å². The largest absolute Gasteiger partial charge is 0.393 e. The van der Waals surface area contributed by atoms with Gasteiger partial charge >= 0.3 is 5.97 Å². The molecule has 0 aromatic carbocycles. The SMILES string of the molecule is CCCCCCCCCCCCCCCCCC(ON1C(C)(C)CC(O)CC1(C)C)(ON1C(C)(C)CC(O)CC1(C)C)ON1C(C)(C)CC(O)CC1(C)C. The van der Waals surface area contributed by atoms with E-state index >= 15 is 0 Å². The van der Waals surface area contributed by atoms with Crippen molar-refractivity contribution in [2.45, 2.75) is 289 Å². The summed E-state index contributed by atoms with van der Waals surface area (Å²) in [7, 11) is 0. The maximum atomic E-state index is 11.0. The van der Waals surface area contributed by atoms with Gasteiger partial charge in [0, 0.05) is 39.7 Å². The minimum atomic E-state index is -1.55. The summed E-state index contributed by atoms with van der Waals surface area (Å²) < 4.78 is 0. The van der Waals surface area contributed by atoms with Crippen LogP contribution in [0.25, 0.3) is 0 Å².